The third kappa shape index (κ3) is 3.41. The van der Waals surface area contributed by atoms with Gasteiger partial charge in [0.15, 0.2) is 0 Å². The van der Waals surface area contributed by atoms with Gasteiger partial charge < -0.3 is 4.74 Å². The summed E-state index contributed by atoms with van der Waals surface area (Å²) in [5.41, 5.74) is 1.27. The van der Waals surface area contributed by atoms with Crippen molar-refractivity contribution in [3.05, 3.63) is 42.5 Å². The van der Waals surface area contributed by atoms with E-state index in [-0.39, 0.29) is 6.10 Å². The van der Waals surface area contributed by atoms with Crippen LogP contribution in [0.15, 0.2) is 36.9 Å². The van der Waals surface area contributed by atoms with E-state index in [2.05, 4.69) is 39.5 Å². The van der Waals surface area contributed by atoms with Crippen LogP contribution in [0.2, 0.25) is 0 Å². The molecule has 1 nitrogen and oxygen atoms in total. The highest BCUT2D eigenvalue weighted by Gasteiger charge is 2.10. The third-order valence-corrected chi connectivity index (χ3v) is 2.66. The average Bonchev–Trinajstić information content (AvgIpc) is 2.29. The molecule has 0 radical (unpaired) electrons. The van der Waals surface area contributed by atoms with Gasteiger partial charge in [-0.25, -0.2) is 0 Å². The molecule has 0 spiro atoms. The fraction of sp³-hybridized carbons (Fsp3) is 0.467. The molecule has 1 aromatic carbocycles. The van der Waals surface area contributed by atoms with E-state index in [1.807, 2.05) is 18.2 Å². The highest BCUT2D eigenvalue weighted by Crippen LogP contribution is 2.27. The highest BCUT2D eigenvalue weighted by atomic mass is 16.5. The maximum atomic E-state index is 5.98. The average molecular weight is 218 g/mol. The van der Waals surface area contributed by atoms with Gasteiger partial charge in [-0.3, -0.25) is 0 Å². The third-order valence-electron chi connectivity index (χ3n) is 2.66. The van der Waals surface area contributed by atoms with Gasteiger partial charge in [0.1, 0.15) is 11.9 Å². The molecule has 1 atom stereocenters. The molecule has 0 aliphatic heterocycles. The molecule has 1 unspecified atom stereocenters. The van der Waals surface area contributed by atoms with Gasteiger partial charge >= 0.3 is 0 Å². The molecule has 0 saturated carbocycles. The first-order valence-electron chi connectivity index (χ1n) is 6.07. The zero-order chi connectivity index (χ0) is 12.0. The van der Waals surface area contributed by atoms with Gasteiger partial charge in [-0.2, -0.15) is 0 Å². The Kier molecular flexibility index (Phi) is 5.10. The molecule has 0 fully saturated rings. The predicted molar refractivity (Wildman–Crippen MR) is 70.1 cm³/mol. The first-order valence-corrected chi connectivity index (χ1v) is 6.07. The molecular formula is C15H22O. The summed E-state index contributed by atoms with van der Waals surface area (Å²) in [4.78, 5) is 0. The van der Waals surface area contributed by atoms with Crippen LogP contribution in [0.3, 0.4) is 0 Å². The first kappa shape index (κ1) is 12.8. The van der Waals surface area contributed by atoms with E-state index < -0.39 is 0 Å². The molecule has 16 heavy (non-hydrogen) atoms. The molecule has 0 saturated heterocycles. The van der Waals surface area contributed by atoms with Gasteiger partial charge in [0.25, 0.3) is 0 Å². The van der Waals surface area contributed by atoms with Gasteiger partial charge in [-0.05, 0) is 24.0 Å². The summed E-state index contributed by atoms with van der Waals surface area (Å²) >= 11 is 0. The summed E-state index contributed by atoms with van der Waals surface area (Å²) in [5.74, 6) is 1.49. The predicted octanol–water partition coefficient (Wildman–Crippen LogP) is 4.54. The molecule has 1 heteroatoms. The molecular weight excluding hydrogens is 196 g/mol. The van der Waals surface area contributed by atoms with Crippen molar-refractivity contribution in [3.8, 4) is 5.75 Å². The second kappa shape index (κ2) is 6.37. The van der Waals surface area contributed by atoms with Crippen molar-refractivity contribution >= 4 is 0 Å². The van der Waals surface area contributed by atoms with Crippen LogP contribution in [0.25, 0.3) is 0 Å². The van der Waals surface area contributed by atoms with Gasteiger partial charge in [0, 0.05) is 0 Å². The van der Waals surface area contributed by atoms with Crippen LogP contribution in [-0.4, -0.2) is 6.10 Å². The lowest BCUT2D eigenvalue weighted by atomic mass is 10.0. The fourth-order valence-electron chi connectivity index (χ4n) is 1.74. The van der Waals surface area contributed by atoms with Crippen LogP contribution < -0.4 is 4.74 Å². The summed E-state index contributed by atoms with van der Waals surface area (Å²) in [6.07, 6.45) is 4.15. The first-order chi connectivity index (χ1) is 7.69. The van der Waals surface area contributed by atoms with Crippen LogP contribution in [0.1, 0.15) is 45.1 Å². The molecule has 0 bridgehead atoms. The van der Waals surface area contributed by atoms with Gasteiger partial charge in [0.2, 0.25) is 0 Å². The Morgan fingerprint density at radius 1 is 1.31 bits per heavy atom. The van der Waals surface area contributed by atoms with E-state index in [0.29, 0.717) is 5.92 Å². The van der Waals surface area contributed by atoms with Crippen molar-refractivity contribution in [2.24, 2.45) is 0 Å². The molecule has 0 amide bonds. The lowest BCUT2D eigenvalue weighted by Crippen LogP contribution is -2.13. The summed E-state index contributed by atoms with van der Waals surface area (Å²) in [5, 5.41) is 0. The van der Waals surface area contributed by atoms with Crippen molar-refractivity contribution in [2.75, 3.05) is 0 Å². The van der Waals surface area contributed by atoms with E-state index in [0.717, 1.165) is 18.6 Å². The summed E-state index contributed by atoms with van der Waals surface area (Å²) in [7, 11) is 0. The largest absolute Gasteiger partial charge is 0.486 e. The van der Waals surface area contributed by atoms with Crippen LogP contribution in [0.5, 0.6) is 5.75 Å². The molecule has 0 aliphatic carbocycles. The maximum Gasteiger partial charge on any atom is 0.123 e. The lowest BCUT2D eigenvalue weighted by molar-refractivity contribution is 0.234. The molecule has 0 N–H and O–H groups in total. The maximum absolute atomic E-state index is 5.98. The van der Waals surface area contributed by atoms with E-state index >= 15 is 0 Å². The summed E-state index contributed by atoms with van der Waals surface area (Å²) in [6.45, 7) is 10.4. The molecule has 0 aliphatic rings. The molecule has 1 aromatic rings. The molecule has 1 rings (SSSR count). The SMILES string of the molecule is C=CC(CCC)Oc1ccccc1C(C)C. The summed E-state index contributed by atoms with van der Waals surface area (Å²) in [6, 6.07) is 8.26. The quantitative estimate of drug-likeness (QED) is 0.637. The topological polar surface area (TPSA) is 9.23 Å². The van der Waals surface area contributed by atoms with Crippen LogP contribution >= 0.6 is 0 Å². The summed E-state index contributed by atoms with van der Waals surface area (Å²) < 4.78 is 5.98. The monoisotopic (exact) mass is 218 g/mol. The Morgan fingerprint density at radius 3 is 2.56 bits per heavy atom. The number of hydrogen-bond donors (Lipinski definition) is 0. The smallest absolute Gasteiger partial charge is 0.123 e. The molecule has 0 aromatic heterocycles. The number of hydrogen-bond acceptors (Lipinski definition) is 1. The number of para-hydroxylation sites is 1. The second-order valence-electron chi connectivity index (χ2n) is 4.37. The number of rotatable bonds is 6. The minimum atomic E-state index is 0.130. The van der Waals surface area contributed by atoms with Gasteiger partial charge in [-0.1, -0.05) is 58.0 Å². The standard InChI is InChI=1S/C15H22O/c1-5-9-13(6-2)16-15-11-8-7-10-14(15)12(3)4/h6-8,10-13H,2,5,9H2,1,3-4H3. The van der Waals surface area contributed by atoms with E-state index in [9.17, 15) is 0 Å². The van der Waals surface area contributed by atoms with E-state index in [1.54, 1.807) is 0 Å². The molecule has 0 heterocycles. The zero-order valence-corrected chi connectivity index (χ0v) is 10.6. The molecule has 88 valence electrons. The highest BCUT2D eigenvalue weighted by molar-refractivity contribution is 5.35. The van der Waals surface area contributed by atoms with Crippen molar-refractivity contribution < 1.29 is 4.74 Å². The van der Waals surface area contributed by atoms with E-state index in [4.69, 9.17) is 4.74 Å². The van der Waals surface area contributed by atoms with E-state index in [1.165, 1.54) is 5.56 Å². The second-order valence-corrected chi connectivity index (χ2v) is 4.37. The Hall–Kier alpha value is -1.24. The minimum absolute atomic E-state index is 0.130. The Bertz CT molecular complexity index is 328. The van der Waals surface area contributed by atoms with Crippen LogP contribution in [0, 0.1) is 0 Å². The van der Waals surface area contributed by atoms with Crippen LogP contribution in [-0.2, 0) is 0 Å². The number of benzene rings is 1. The minimum Gasteiger partial charge on any atom is -0.486 e. The fourth-order valence-corrected chi connectivity index (χ4v) is 1.74. The van der Waals surface area contributed by atoms with Crippen LogP contribution in [0.4, 0.5) is 0 Å². The Morgan fingerprint density at radius 2 is 2.00 bits per heavy atom. The van der Waals surface area contributed by atoms with Crippen molar-refractivity contribution in [1.82, 2.24) is 0 Å². The van der Waals surface area contributed by atoms with Gasteiger partial charge in [0.05, 0.1) is 0 Å². The normalized spacial score (nSPS) is 12.5. The Balaban J connectivity index is 2.82. The van der Waals surface area contributed by atoms with Gasteiger partial charge in [-0.15, -0.1) is 0 Å². The zero-order valence-electron chi connectivity index (χ0n) is 10.6. The number of ether oxygens (including phenoxy) is 1. The van der Waals surface area contributed by atoms with Crippen molar-refractivity contribution in [3.63, 3.8) is 0 Å². The van der Waals surface area contributed by atoms with Crippen molar-refractivity contribution in [2.45, 2.75) is 45.6 Å². The lowest BCUT2D eigenvalue weighted by Gasteiger charge is -2.19. The van der Waals surface area contributed by atoms with Crippen molar-refractivity contribution in [1.29, 1.82) is 0 Å². The Labute approximate surface area is 99.1 Å².